The molecule has 0 radical (unpaired) electrons. The quantitative estimate of drug-likeness (QED) is 0.368. The maximum atomic E-state index is 12.8. The number of carbonyl (C=O) groups excluding carboxylic acids is 1. The van der Waals surface area contributed by atoms with Crippen LogP contribution in [-0.4, -0.2) is 52.1 Å². The van der Waals surface area contributed by atoms with E-state index in [2.05, 4.69) is 10.2 Å². The van der Waals surface area contributed by atoms with E-state index in [9.17, 15) is 13.2 Å². The summed E-state index contributed by atoms with van der Waals surface area (Å²) in [6.07, 6.45) is 4.01. The van der Waals surface area contributed by atoms with E-state index in [0.717, 1.165) is 37.2 Å². The Kier molecular flexibility index (Phi) is 5.88. The average Bonchev–Trinajstić information content (AvgIpc) is 3.33. The van der Waals surface area contributed by atoms with Crippen LogP contribution in [0.4, 0.5) is 0 Å². The van der Waals surface area contributed by atoms with E-state index in [4.69, 9.17) is 0 Å². The van der Waals surface area contributed by atoms with Crippen LogP contribution in [0.5, 0.6) is 0 Å². The minimum Gasteiger partial charge on any atom is -0.293 e. The molecule has 1 aliphatic carbocycles. The van der Waals surface area contributed by atoms with Gasteiger partial charge in [-0.2, -0.15) is 4.31 Å². The molecule has 0 atom stereocenters. The SMILES string of the molecule is O=C(CSc1nnc(C2CC2)n1-c1ccccc1)c1ccc(S(=O)(=O)N2CCCC2)cc1. The molecule has 0 amide bonds. The number of para-hydroxylation sites is 1. The molecule has 2 aliphatic rings. The van der Waals surface area contributed by atoms with Crippen molar-refractivity contribution in [2.45, 2.75) is 41.7 Å². The number of Topliss-reactive ketones (excluding diaryl/α,β-unsaturated/α-hetero) is 1. The smallest absolute Gasteiger partial charge is 0.243 e. The van der Waals surface area contributed by atoms with Gasteiger partial charge >= 0.3 is 0 Å². The number of benzene rings is 2. The number of rotatable bonds is 8. The minimum atomic E-state index is -3.48. The molecular weight excluding hydrogens is 444 g/mol. The van der Waals surface area contributed by atoms with E-state index in [1.54, 1.807) is 12.1 Å². The number of hydrogen-bond donors (Lipinski definition) is 0. The van der Waals surface area contributed by atoms with Crippen molar-refractivity contribution < 1.29 is 13.2 Å². The summed E-state index contributed by atoms with van der Waals surface area (Å²) in [6.45, 7) is 1.12. The molecule has 1 saturated heterocycles. The zero-order valence-electron chi connectivity index (χ0n) is 17.6. The highest BCUT2D eigenvalue weighted by molar-refractivity contribution is 7.99. The molecule has 2 fully saturated rings. The highest BCUT2D eigenvalue weighted by atomic mass is 32.2. The predicted octanol–water partition coefficient (Wildman–Crippen LogP) is 3.90. The fraction of sp³-hybridized carbons (Fsp3) is 0.348. The highest BCUT2D eigenvalue weighted by Gasteiger charge is 2.31. The molecule has 1 saturated carbocycles. The molecule has 0 bridgehead atoms. The van der Waals surface area contributed by atoms with Crippen LogP contribution >= 0.6 is 11.8 Å². The van der Waals surface area contributed by atoms with Crippen molar-refractivity contribution in [2.24, 2.45) is 0 Å². The van der Waals surface area contributed by atoms with Gasteiger partial charge in [0, 0.05) is 30.3 Å². The Bertz CT molecular complexity index is 1210. The third-order valence-corrected chi connectivity index (χ3v) is 8.67. The summed E-state index contributed by atoms with van der Waals surface area (Å²) in [6, 6.07) is 16.2. The van der Waals surface area contributed by atoms with E-state index in [1.165, 1.54) is 28.2 Å². The molecule has 0 spiro atoms. The topological polar surface area (TPSA) is 85.2 Å². The lowest BCUT2D eigenvalue weighted by atomic mass is 10.1. The molecule has 2 heterocycles. The Morgan fingerprint density at radius 3 is 2.31 bits per heavy atom. The summed E-state index contributed by atoms with van der Waals surface area (Å²) in [7, 11) is -3.48. The Morgan fingerprint density at radius 1 is 0.969 bits per heavy atom. The zero-order valence-corrected chi connectivity index (χ0v) is 19.2. The fourth-order valence-corrected chi connectivity index (χ4v) is 6.27. The number of carbonyl (C=O) groups is 1. The zero-order chi connectivity index (χ0) is 22.1. The molecule has 0 N–H and O–H groups in total. The highest BCUT2D eigenvalue weighted by Crippen LogP contribution is 2.41. The van der Waals surface area contributed by atoms with Gasteiger partial charge in [0.2, 0.25) is 10.0 Å². The first-order chi connectivity index (χ1) is 15.5. The number of nitrogens with zero attached hydrogens (tertiary/aromatic N) is 4. The van der Waals surface area contributed by atoms with Crippen molar-refractivity contribution in [3.63, 3.8) is 0 Å². The van der Waals surface area contributed by atoms with Crippen molar-refractivity contribution in [1.29, 1.82) is 0 Å². The molecule has 2 aromatic carbocycles. The van der Waals surface area contributed by atoms with Gasteiger partial charge in [-0.25, -0.2) is 8.42 Å². The molecule has 3 aromatic rings. The summed E-state index contributed by atoms with van der Waals surface area (Å²) in [5, 5.41) is 9.43. The lowest BCUT2D eigenvalue weighted by molar-refractivity contribution is 0.102. The second-order valence-corrected chi connectivity index (χ2v) is 11.0. The van der Waals surface area contributed by atoms with Crippen LogP contribution in [0.15, 0.2) is 64.6 Å². The number of ketones is 1. The predicted molar refractivity (Wildman–Crippen MR) is 123 cm³/mol. The second kappa shape index (κ2) is 8.80. The van der Waals surface area contributed by atoms with E-state index >= 15 is 0 Å². The summed E-state index contributed by atoms with van der Waals surface area (Å²) in [5.74, 6) is 1.50. The van der Waals surface area contributed by atoms with Crippen molar-refractivity contribution in [2.75, 3.05) is 18.8 Å². The lowest BCUT2D eigenvalue weighted by Gasteiger charge is -2.15. The first kappa shape index (κ1) is 21.4. The van der Waals surface area contributed by atoms with Gasteiger partial charge in [0.05, 0.1) is 10.6 Å². The van der Waals surface area contributed by atoms with Gasteiger partial charge in [0.1, 0.15) is 5.82 Å². The van der Waals surface area contributed by atoms with Crippen LogP contribution in [0.3, 0.4) is 0 Å². The normalized spacial score (nSPS) is 17.0. The molecule has 7 nitrogen and oxygen atoms in total. The third-order valence-electron chi connectivity index (χ3n) is 5.83. The van der Waals surface area contributed by atoms with E-state index < -0.39 is 10.0 Å². The van der Waals surface area contributed by atoms with Gasteiger partial charge in [-0.3, -0.25) is 9.36 Å². The van der Waals surface area contributed by atoms with Crippen LogP contribution in [0.1, 0.15) is 47.8 Å². The third kappa shape index (κ3) is 4.24. The molecule has 0 unspecified atom stereocenters. The first-order valence-corrected chi connectivity index (χ1v) is 13.2. The fourth-order valence-electron chi connectivity index (χ4n) is 3.90. The second-order valence-electron chi connectivity index (χ2n) is 8.13. The van der Waals surface area contributed by atoms with Crippen molar-refractivity contribution in [3.8, 4) is 5.69 Å². The molecule has 166 valence electrons. The van der Waals surface area contributed by atoms with E-state index in [-0.39, 0.29) is 16.4 Å². The molecule has 32 heavy (non-hydrogen) atoms. The van der Waals surface area contributed by atoms with Gasteiger partial charge in [-0.1, -0.05) is 42.1 Å². The van der Waals surface area contributed by atoms with E-state index in [1.807, 2.05) is 34.9 Å². The number of sulfonamides is 1. The minimum absolute atomic E-state index is 0.0734. The monoisotopic (exact) mass is 468 g/mol. The summed E-state index contributed by atoms with van der Waals surface area (Å²) in [4.78, 5) is 13.0. The van der Waals surface area contributed by atoms with Gasteiger partial charge < -0.3 is 0 Å². The molecule has 5 rings (SSSR count). The maximum absolute atomic E-state index is 12.8. The van der Waals surface area contributed by atoms with Crippen LogP contribution in [0.25, 0.3) is 5.69 Å². The Hall–Kier alpha value is -2.49. The maximum Gasteiger partial charge on any atom is 0.243 e. The van der Waals surface area contributed by atoms with Crippen molar-refractivity contribution in [3.05, 3.63) is 66.0 Å². The molecule has 1 aromatic heterocycles. The Labute approximate surface area is 191 Å². The van der Waals surface area contributed by atoms with Crippen molar-refractivity contribution >= 4 is 27.6 Å². The molecule has 1 aliphatic heterocycles. The summed E-state index contributed by atoms with van der Waals surface area (Å²) < 4.78 is 28.9. The summed E-state index contributed by atoms with van der Waals surface area (Å²) >= 11 is 1.35. The van der Waals surface area contributed by atoms with Crippen LogP contribution < -0.4 is 0 Å². The number of hydrogen-bond acceptors (Lipinski definition) is 6. The van der Waals surface area contributed by atoms with E-state index in [0.29, 0.717) is 29.7 Å². The standard InChI is InChI=1S/C23H24N4O3S2/c28-21(17-10-12-20(13-11-17)32(29,30)26-14-4-5-15-26)16-31-23-25-24-22(18-8-9-18)27(23)19-6-2-1-3-7-19/h1-3,6-7,10-13,18H,4-5,8-9,14-16H2. The number of aromatic nitrogens is 3. The molecule has 9 heteroatoms. The van der Waals surface area contributed by atoms with Crippen LogP contribution in [0, 0.1) is 0 Å². The van der Waals surface area contributed by atoms with Gasteiger partial charge in [0.15, 0.2) is 10.9 Å². The Morgan fingerprint density at radius 2 is 1.66 bits per heavy atom. The summed E-state index contributed by atoms with van der Waals surface area (Å²) in [5.41, 5.74) is 1.48. The first-order valence-electron chi connectivity index (χ1n) is 10.8. The molecular formula is C23H24N4O3S2. The van der Waals surface area contributed by atoms with Gasteiger partial charge in [-0.15, -0.1) is 10.2 Å². The number of thioether (sulfide) groups is 1. The Balaban J connectivity index is 1.30. The van der Waals surface area contributed by atoms with Crippen LogP contribution in [-0.2, 0) is 10.0 Å². The van der Waals surface area contributed by atoms with Gasteiger partial charge in [-0.05, 0) is 49.9 Å². The largest absolute Gasteiger partial charge is 0.293 e. The van der Waals surface area contributed by atoms with Crippen molar-refractivity contribution in [1.82, 2.24) is 19.1 Å². The lowest BCUT2D eigenvalue weighted by Crippen LogP contribution is -2.27. The average molecular weight is 469 g/mol. The van der Waals surface area contributed by atoms with Crippen LogP contribution in [0.2, 0.25) is 0 Å². The van der Waals surface area contributed by atoms with Gasteiger partial charge in [0.25, 0.3) is 0 Å².